The van der Waals surface area contributed by atoms with Gasteiger partial charge < -0.3 is 15.7 Å². The molecule has 0 aliphatic heterocycles. The van der Waals surface area contributed by atoms with Gasteiger partial charge in [0.15, 0.2) is 0 Å². The van der Waals surface area contributed by atoms with Crippen molar-refractivity contribution in [2.45, 2.75) is 32.2 Å². The number of amides is 2. The Morgan fingerprint density at radius 1 is 1.45 bits per heavy atom. The Hall–Kier alpha value is -1.56. The van der Waals surface area contributed by atoms with Gasteiger partial charge in [-0.25, -0.2) is 9.59 Å². The molecule has 1 saturated carbocycles. The van der Waals surface area contributed by atoms with E-state index in [0.29, 0.717) is 10.4 Å². The van der Waals surface area contributed by atoms with Crippen LogP contribution in [0.5, 0.6) is 0 Å². The predicted octanol–water partition coefficient (Wildman–Crippen LogP) is 3.46. The van der Waals surface area contributed by atoms with Gasteiger partial charge in [-0.2, -0.15) is 0 Å². The number of urea groups is 1. The molecule has 1 aromatic rings. The van der Waals surface area contributed by atoms with E-state index >= 15 is 0 Å². The number of hydrogen-bond donors (Lipinski definition) is 3. The number of nitrogens with one attached hydrogen (secondary N) is 2. The van der Waals surface area contributed by atoms with Crippen molar-refractivity contribution in [2.75, 3.05) is 5.32 Å². The van der Waals surface area contributed by atoms with E-state index in [1.807, 2.05) is 0 Å². The third-order valence-corrected chi connectivity index (χ3v) is 4.04. The third-order valence-electron chi connectivity index (χ3n) is 3.38. The normalized spacial score (nSPS) is 20.3. The zero-order chi connectivity index (χ0) is 14.7. The topological polar surface area (TPSA) is 78.4 Å². The highest BCUT2D eigenvalue weighted by Gasteiger charge is 2.37. The van der Waals surface area contributed by atoms with Crippen LogP contribution >= 0.6 is 15.9 Å². The van der Waals surface area contributed by atoms with Crippen LogP contribution < -0.4 is 10.6 Å². The van der Waals surface area contributed by atoms with Gasteiger partial charge in [0, 0.05) is 10.5 Å². The molecule has 0 bridgehead atoms. The van der Waals surface area contributed by atoms with Crippen LogP contribution in [0.4, 0.5) is 10.5 Å². The summed E-state index contributed by atoms with van der Waals surface area (Å²) in [4.78, 5) is 23.0. The monoisotopic (exact) mass is 340 g/mol. The molecule has 2 rings (SSSR count). The summed E-state index contributed by atoms with van der Waals surface area (Å²) in [5.41, 5.74) is 0.348. The van der Waals surface area contributed by atoms with Crippen molar-refractivity contribution in [1.82, 2.24) is 5.32 Å². The predicted molar refractivity (Wildman–Crippen MR) is 80.1 cm³/mol. The van der Waals surface area contributed by atoms with E-state index in [2.05, 4.69) is 33.5 Å². The molecule has 0 spiro atoms. The summed E-state index contributed by atoms with van der Waals surface area (Å²) in [5, 5.41) is 14.6. The maximum absolute atomic E-state index is 11.9. The van der Waals surface area contributed by atoms with Gasteiger partial charge in [-0.1, -0.05) is 19.4 Å². The minimum absolute atomic E-state index is 0.0652. The number of carbonyl (C=O) groups excluding carboxylic acids is 1. The molecule has 0 heterocycles. The van der Waals surface area contributed by atoms with E-state index in [1.165, 1.54) is 6.07 Å². The first kappa shape index (κ1) is 14.8. The fraction of sp³-hybridized carbons (Fsp3) is 0.429. The third kappa shape index (κ3) is 3.50. The van der Waals surface area contributed by atoms with Gasteiger partial charge in [-0.05, 0) is 46.8 Å². The van der Waals surface area contributed by atoms with E-state index in [1.54, 1.807) is 12.1 Å². The van der Waals surface area contributed by atoms with Crippen LogP contribution in [0.3, 0.4) is 0 Å². The lowest BCUT2D eigenvalue weighted by molar-refractivity contribution is 0.0698. The number of halogens is 1. The molecular formula is C14H17BrN2O3. The highest BCUT2D eigenvalue weighted by molar-refractivity contribution is 9.10. The largest absolute Gasteiger partial charge is 0.478 e. The average molecular weight is 341 g/mol. The highest BCUT2D eigenvalue weighted by Crippen LogP contribution is 2.34. The van der Waals surface area contributed by atoms with E-state index < -0.39 is 5.97 Å². The molecule has 2 atom stereocenters. The lowest BCUT2D eigenvalue weighted by Crippen LogP contribution is -2.32. The molecule has 1 aromatic carbocycles. The van der Waals surface area contributed by atoms with E-state index in [0.717, 1.165) is 19.3 Å². The second-order valence-electron chi connectivity index (χ2n) is 4.96. The van der Waals surface area contributed by atoms with Crippen LogP contribution in [0.15, 0.2) is 22.7 Å². The second-order valence-corrected chi connectivity index (χ2v) is 5.81. The maximum Gasteiger partial charge on any atom is 0.337 e. The number of carboxylic acid groups (broad SMARTS) is 1. The minimum atomic E-state index is -1.07. The molecule has 1 fully saturated rings. The molecule has 0 aromatic heterocycles. The first-order valence-electron chi connectivity index (χ1n) is 6.62. The fourth-order valence-electron chi connectivity index (χ4n) is 2.26. The SMILES string of the molecule is CCCC1CC1NC(=O)Nc1c(Br)cccc1C(=O)O. The standard InChI is InChI=1S/C14H17BrN2O3/c1-2-4-8-7-11(8)16-14(20)17-12-9(13(18)19)5-3-6-10(12)15/h3,5-6,8,11H,2,4,7H2,1H3,(H,18,19)(H2,16,17,20). The molecule has 6 heteroatoms. The second kappa shape index (κ2) is 6.26. The van der Waals surface area contributed by atoms with Crippen LogP contribution in [-0.2, 0) is 0 Å². The molecule has 5 nitrogen and oxygen atoms in total. The Bertz CT molecular complexity index is 533. The number of carbonyl (C=O) groups is 2. The van der Waals surface area contributed by atoms with Crippen LogP contribution in [0.25, 0.3) is 0 Å². The Labute approximate surface area is 125 Å². The summed E-state index contributed by atoms with van der Waals surface area (Å²) in [6.07, 6.45) is 3.22. The Kier molecular flexibility index (Phi) is 4.65. The summed E-state index contributed by atoms with van der Waals surface area (Å²) in [7, 11) is 0. The summed E-state index contributed by atoms with van der Waals surface area (Å²) in [6.45, 7) is 2.12. The molecule has 2 unspecified atom stereocenters. The molecule has 1 aliphatic rings. The zero-order valence-electron chi connectivity index (χ0n) is 11.1. The van der Waals surface area contributed by atoms with Crippen molar-refractivity contribution in [3.63, 3.8) is 0 Å². The number of carboxylic acids is 1. The molecule has 0 radical (unpaired) electrons. The lowest BCUT2D eigenvalue weighted by Gasteiger charge is -2.11. The summed E-state index contributed by atoms with van der Waals surface area (Å²) in [6, 6.07) is 4.63. The van der Waals surface area contributed by atoms with Gasteiger partial charge in [0.25, 0.3) is 0 Å². The Balaban J connectivity index is 2.00. The number of benzene rings is 1. The molecule has 0 saturated heterocycles. The highest BCUT2D eigenvalue weighted by atomic mass is 79.9. The van der Waals surface area contributed by atoms with Gasteiger partial charge in [0.1, 0.15) is 0 Å². The average Bonchev–Trinajstić information content (AvgIpc) is 3.09. The van der Waals surface area contributed by atoms with Crippen molar-refractivity contribution >= 4 is 33.6 Å². The Morgan fingerprint density at radius 3 is 2.85 bits per heavy atom. The Morgan fingerprint density at radius 2 is 2.20 bits per heavy atom. The number of aromatic carboxylic acids is 1. The van der Waals surface area contributed by atoms with Crippen LogP contribution in [0.2, 0.25) is 0 Å². The smallest absolute Gasteiger partial charge is 0.337 e. The van der Waals surface area contributed by atoms with E-state index in [4.69, 9.17) is 5.11 Å². The van der Waals surface area contributed by atoms with Gasteiger partial charge >= 0.3 is 12.0 Å². The van der Waals surface area contributed by atoms with Crippen LogP contribution in [0, 0.1) is 5.92 Å². The van der Waals surface area contributed by atoms with Crippen LogP contribution in [-0.4, -0.2) is 23.1 Å². The van der Waals surface area contributed by atoms with Crippen molar-refractivity contribution in [2.24, 2.45) is 5.92 Å². The zero-order valence-corrected chi connectivity index (χ0v) is 12.7. The van der Waals surface area contributed by atoms with Gasteiger partial charge in [0.05, 0.1) is 11.3 Å². The van der Waals surface area contributed by atoms with Crippen LogP contribution in [0.1, 0.15) is 36.5 Å². The summed E-state index contributed by atoms with van der Waals surface area (Å²) < 4.78 is 0.549. The van der Waals surface area contributed by atoms with Crippen molar-refractivity contribution < 1.29 is 14.7 Å². The molecule has 20 heavy (non-hydrogen) atoms. The lowest BCUT2D eigenvalue weighted by atomic mass is 10.2. The van der Waals surface area contributed by atoms with Gasteiger partial charge in [-0.15, -0.1) is 0 Å². The van der Waals surface area contributed by atoms with E-state index in [9.17, 15) is 9.59 Å². The van der Waals surface area contributed by atoms with Crippen molar-refractivity contribution in [1.29, 1.82) is 0 Å². The first-order valence-corrected chi connectivity index (χ1v) is 7.41. The molecule has 2 amide bonds. The maximum atomic E-state index is 11.9. The molecule has 108 valence electrons. The minimum Gasteiger partial charge on any atom is -0.478 e. The van der Waals surface area contributed by atoms with Gasteiger partial charge in [-0.3, -0.25) is 0 Å². The molecule has 3 N–H and O–H groups in total. The van der Waals surface area contributed by atoms with Crippen molar-refractivity contribution in [3.8, 4) is 0 Å². The summed E-state index contributed by atoms with van der Waals surface area (Å²) in [5.74, 6) is -0.513. The van der Waals surface area contributed by atoms with Gasteiger partial charge in [0.2, 0.25) is 0 Å². The first-order chi connectivity index (χ1) is 9.52. The molecule has 1 aliphatic carbocycles. The fourth-order valence-corrected chi connectivity index (χ4v) is 2.73. The summed E-state index contributed by atoms with van der Waals surface area (Å²) >= 11 is 3.26. The number of rotatable bonds is 5. The number of anilines is 1. The molecular weight excluding hydrogens is 324 g/mol. The number of para-hydroxylation sites is 1. The van der Waals surface area contributed by atoms with E-state index in [-0.39, 0.29) is 23.3 Å². The van der Waals surface area contributed by atoms with Crippen molar-refractivity contribution in [3.05, 3.63) is 28.2 Å². The quantitative estimate of drug-likeness (QED) is 0.767. The number of hydrogen-bond acceptors (Lipinski definition) is 2.